The molecule has 1 aliphatic rings. The molecule has 0 aliphatic carbocycles. The summed E-state index contributed by atoms with van der Waals surface area (Å²) in [4.78, 5) is 24.1. The van der Waals surface area contributed by atoms with Gasteiger partial charge in [-0.25, -0.2) is 18.4 Å². The average Bonchev–Trinajstić information content (AvgIpc) is 2.93. The van der Waals surface area contributed by atoms with Crippen molar-refractivity contribution in [3.05, 3.63) is 48.0 Å². The van der Waals surface area contributed by atoms with E-state index < -0.39 is 9.84 Å². The van der Waals surface area contributed by atoms with E-state index in [4.69, 9.17) is 0 Å². The zero-order chi connectivity index (χ0) is 17.0. The molecule has 1 aliphatic heterocycles. The number of rotatable bonds is 5. The van der Waals surface area contributed by atoms with Gasteiger partial charge in [0.15, 0.2) is 9.84 Å². The first-order chi connectivity index (χ1) is 11.5. The Morgan fingerprint density at radius 1 is 1.21 bits per heavy atom. The van der Waals surface area contributed by atoms with Gasteiger partial charge in [0, 0.05) is 37.4 Å². The van der Waals surface area contributed by atoms with Gasteiger partial charge in [0.05, 0.1) is 17.1 Å². The molecular weight excluding hydrogens is 330 g/mol. The lowest BCUT2D eigenvalue weighted by Crippen LogP contribution is -2.24. The van der Waals surface area contributed by atoms with Gasteiger partial charge < -0.3 is 10.6 Å². The van der Waals surface area contributed by atoms with Crippen LogP contribution in [0.2, 0.25) is 0 Å². The van der Waals surface area contributed by atoms with E-state index in [9.17, 15) is 13.2 Å². The maximum Gasteiger partial charge on any atom is 0.254 e. The monoisotopic (exact) mass is 347 g/mol. The standard InChI is InChI=1S/C15H17N5O3S/c21-14(17-7-11-1-4-16-5-2-11)12-8-18-15(19-9-12)20-13-3-6-24(22,23)10-13/h1-2,4-5,8-9,13H,3,6-7,10H2,(H,17,21)(H,18,19,20). The van der Waals surface area contributed by atoms with E-state index in [-0.39, 0.29) is 23.5 Å². The van der Waals surface area contributed by atoms with Crippen molar-refractivity contribution in [3.63, 3.8) is 0 Å². The Balaban J connectivity index is 1.55. The zero-order valence-electron chi connectivity index (χ0n) is 12.8. The molecule has 0 radical (unpaired) electrons. The molecule has 24 heavy (non-hydrogen) atoms. The summed E-state index contributed by atoms with van der Waals surface area (Å²) in [5, 5.41) is 5.75. The summed E-state index contributed by atoms with van der Waals surface area (Å²) in [5.74, 6) is 0.314. The normalized spacial score (nSPS) is 18.9. The van der Waals surface area contributed by atoms with Gasteiger partial charge in [-0.15, -0.1) is 0 Å². The second-order valence-electron chi connectivity index (χ2n) is 5.58. The first-order valence-corrected chi connectivity index (χ1v) is 9.30. The summed E-state index contributed by atoms with van der Waals surface area (Å²) >= 11 is 0. The fourth-order valence-corrected chi connectivity index (χ4v) is 4.07. The van der Waals surface area contributed by atoms with Crippen molar-refractivity contribution in [3.8, 4) is 0 Å². The molecule has 2 N–H and O–H groups in total. The van der Waals surface area contributed by atoms with Crippen LogP contribution in [-0.4, -0.2) is 46.8 Å². The molecule has 3 rings (SSSR count). The number of carbonyl (C=O) groups is 1. The molecule has 0 spiro atoms. The summed E-state index contributed by atoms with van der Waals surface area (Å²) in [6.07, 6.45) is 6.70. The van der Waals surface area contributed by atoms with Gasteiger partial charge in [-0.05, 0) is 24.1 Å². The zero-order valence-corrected chi connectivity index (χ0v) is 13.7. The van der Waals surface area contributed by atoms with Gasteiger partial charge in [-0.1, -0.05) is 0 Å². The van der Waals surface area contributed by atoms with Crippen LogP contribution in [0.5, 0.6) is 0 Å². The van der Waals surface area contributed by atoms with Crippen LogP contribution in [0.4, 0.5) is 5.95 Å². The van der Waals surface area contributed by atoms with Gasteiger partial charge in [0.25, 0.3) is 5.91 Å². The summed E-state index contributed by atoms with van der Waals surface area (Å²) in [7, 11) is -2.96. The van der Waals surface area contributed by atoms with Crippen molar-refractivity contribution in [2.45, 2.75) is 19.0 Å². The Morgan fingerprint density at radius 3 is 2.54 bits per heavy atom. The number of amides is 1. The topological polar surface area (TPSA) is 114 Å². The number of hydrogen-bond donors (Lipinski definition) is 2. The molecule has 1 amide bonds. The van der Waals surface area contributed by atoms with E-state index in [0.717, 1.165) is 5.56 Å². The summed E-state index contributed by atoms with van der Waals surface area (Å²) in [6.45, 7) is 0.390. The molecule has 1 unspecified atom stereocenters. The number of aromatic nitrogens is 3. The number of sulfone groups is 1. The molecule has 1 atom stereocenters. The second kappa shape index (κ2) is 6.91. The van der Waals surface area contributed by atoms with E-state index >= 15 is 0 Å². The molecule has 8 nitrogen and oxygen atoms in total. The van der Waals surface area contributed by atoms with E-state index in [1.54, 1.807) is 12.4 Å². The van der Waals surface area contributed by atoms with Crippen LogP contribution in [0.1, 0.15) is 22.3 Å². The predicted molar refractivity (Wildman–Crippen MR) is 88.1 cm³/mol. The van der Waals surface area contributed by atoms with Crippen LogP contribution < -0.4 is 10.6 Å². The number of anilines is 1. The SMILES string of the molecule is O=C(NCc1ccncc1)c1cnc(NC2CCS(=O)(=O)C2)nc1. The van der Waals surface area contributed by atoms with Crippen LogP contribution in [-0.2, 0) is 16.4 Å². The van der Waals surface area contributed by atoms with Crippen LogP contribution in [0.25, 0.3) is 0 Å². The lowest BCUT2D eigenvalue weighted by molar-refractivity contribution is 0.0950. The molecule has 1 saturated heterocycles. The largest absolute Gasteiger partial charge is 0.350 e. The van der Waals surface area contributed by atoms with Gasteiger partial charge in [-0.3, -0.25) is 9.78 Å². The number of nitrogens with zero attached hydrogens (tertiary/aromatic N) is 3. The molecule has 2 aromatic heterocycles. The molecule has 0 bridgehead atoms. The Labute approximate surface area is 139 Å². The highest BCUT2D eigenvalue weighted by Crippen LogP contribution is 2.15. The molecule has 0 aromatic carbocycles. The number of hydrogen-bond acceptors (Lipinski definition) is 7. The molecular formula is C15H17N5O3S. The van der Waals surface area contributed by atoms with E-state index in [0.29, 0.717) is 24.5 Å². The number of pyridine rings is 1. The molecule has 1 fully saturated rings. The Hall–Kier alpha value is -2.55. The van der Waals surface area contributed by atoms with Gasteiger partial charge >= 0.3 is 0 Å². The third-order valence-corrected chi connectivity index (χ3v) is 5.45. The molecule has 126 valence electrons. The summed E-state index contributed by atoms with van der Waals surface area (Å²) in [6, 6.07) is 3.46. The fraction of sp³-hybridized carbons (Fsp3) is 0.333. The highest BCUT2D eigenvalue weighted by atomic mass is 32.2. The highest BCUT2D eigenvalue weighted by molar-refractivity contribution is 7.91. The van der Waals surface area contributed by atoms with E-state index in [1.807, 2.05) is 12.1 Å². The van der Waals surface area contributed by atoms with E-state index in [2.05, 4.69) is 25.6 Å². The average molecular weight is 347 g/mol. The lowest BCUT2D eigenvalue weighted by atomic mass is 10.2. The van der Waals surface area contributed by atoms with Crippen molar-refractivity contribution < 1.29 is 13.2 Å². The molecule has 3 heterocycles. The van der Waals surface area contributed by atoms with Crippen molar-refractivity contribution in [2.75, 3.05) is 16.8 Å². The van der Waals surface area contributed by atoms with Crippen LogP contribution >= 0.6 is 0 Å². The third-order valence-electron chi connectivity index (χ3n) is 3.68. The molecule has 9 heteroatoms. The molecule has 2 aromatic rings. The number of carbonyl (C=O) groups excluding carboxylic acids is 1. The fourth-order valence-electron chi connectivity index (χ4n) is 2.40. The van der Waals surface area contributed by atoms with Crippen molar-refractivity contribution >= 4 is 21.7 Å². The summed E-state index contributed by atoms with van der Waals surface area (Å²) < 4.78 is 22.9. The predicted octanol–water partition coefficient (Wildman–Crippen LogP) is 0.401. The van der Waals surface area contributed by atoms with Crippen molar-refractivity contribution in [1.82, 2.24) is 20.3 Å². The van der Waals surface area contributed by atoms with Gasteiger partial charge in [-0.2, -0.15) is 0 Å². The van der Waals surface area contributed by atoms with Crippen LogP contribution in [0.15, 0.2) is 36.9 Å². The minimum absolute atomic E-state index is 0.0878. The third kappa shape index (κ3) is 4.25. The second-order valence-corrected chi connectivity index (χ2v) is 7.81. The quantitative estimate of drug-likeness (QED) is 0.804. The minimum atomic E-state index is -2.96. The first kappa shape index (κ1) is 16.3. The number of nitrogens with one attached hydrogen (secondary N) is 2. The maximum absolute atomic E-state index is 12.1. The summed E-state index contributed by atoms with van der Waals surface area (Å²) in [5.41, 5.74) is 1.29. The Morgan fingerprint density at radius 2 is 1.92 bits per heavy atom. The van der Waals surface area contributed by atoms with E-state index in [1.165, 1.54) is 12.4 Å². The van der Waals surface area contributed by atoms with Crippen molar-refractivity contribution in [2.24, 2.45) is 0 Å². The maximum atomic E-state index is 12.1. The Kier molecular flexibility index (Phi) is 4.70. The Bertz CT molecular complexity index is 809. The minimum Gasteiger partial charge on any atom is -0.350 e. The van der Waals surface area contributed by atoms with Crippen LogP contribution in [0.3, 0.4) is 0 Å². The highest BCUT2D eigenvalue weighted by Gasteiger charge is 2.28. The smallest absolute Gasteiger partial charge is 0.254 e. The molecule has 0 saturated carbocycles. The van der Waals surface area contributed by atoms with Crippen LogP contribution in [0, 0.1) is 0 Å². The van der Waals surface area contributed by atoms with Crippen molar-refractivity contribution in [1.29, 1.82) is 0 Å². The lowest BCUT2D eigenvalue weighted by Gasteiger charge is -2.10. The van der Waals surface area contributed by atoms with Gasteiger partial charge in [0.1, 0.15) is 0 Å². The first-order valence-electron chi connectivity index (χ1n) is 7.48. The van der Waals surface area contributed by atoms with Gasteiger partial charge in [0.2, 0.25) is 5.95 Å².